The zero-order valence-corrected chi connectivity index (χ0v) is 15.2. The van der Waals surface area contributed by atoms with Gasteiger partial charge in [0, 0.05) is 32.2 Å². The van der Waals surface area contributed by atoms with Crippen LogP contribution in [-0.4, -0.2) is 68.1 Å². The standard InChI is InChI=1S/C19H30N4O2/c1-25-18-3-2-15(13-23-11-7-21-19(24)14-23)12-16(18)4-8-22-9-5-17(20)6-10-22/h2-3,12,17H,4-11,13-14,20H2,1H3,(H,21,24). The molecule has 0 atom stereocenters. The van der Waals surface area contributed by atoms with E-state index in [0.29, 0.717) is 12.6 Å². The van der Waals surface area contributed by atoms with E-state index in [0.717, 1.165) is 64.3 Å². The first-order chi connectivity index (χ1) is 12.1. The van der Waals surface area contributed by atoms with Gasteiger partial charge in [0.05, 0.1) is 13.7 Å². The van der Waals surface area contributed by atoms with Crippen LogP contribution in [-0.2, 0) is 17.8 Å². The largest absolute Gasteiger partial charge is 0.496 e. The lowest BCUT2D eigenvalue weighted by molar-refractivity contribution is -0.124. The van der Waals surface area contributed by atoms with E-state index in [4.69, 9.17) is 10.5 Å². The van der Waals surface area contributed by atoms with Crippen LogP contribution in [0.4, 0.5) is 0 Å². The number of carbonyl (C=O) groups excluding carboxylic acids is 1. The zero-order chi connectivity index (χ0) is 17.6. The molecule has 0 spiro atoms. The van der Waals surface area contributed by atoms with Gasteiger partial charge in [-0.2, -0.15) is 0 Å². The Labute approximate surface area is 150 Å². The molecular weight excluding hydrogens is 316 g/mol. The smallest absolute Gasteiger partial charge is 0.234 e. The summed E-state index contributed by atoms with van der Waals surface area (Å²) in [6, 6.07) is 6.77. The summed E-state index contributed by atoms with van der Waals surface area (Å²) in [5.74, 6) is 1.07. The van der Waals surface area contributed by atoms with Gasteiger partial charge in [-0.15, -0.1) is 0 Å². The number of piperazine rings is 1. The van der Waals surface area contributed by atoms with E-state index in [1.165, 1.54) is 11.1 Å². The lowest BCUT2D eigenvalue weighted by Gasteiger charge is -2.30. The number of methoxy groups -OCH3 is 1. The van der Waals surface area contributed by atoms with E-state index in [1.807, 2.05) is 0 Å². The molecular formula is C19H30N4O2. The molecule has 0 aromatic heterocycles. The molecule has 138 valence electrons. The van der Waals surface area contributed by atoms with Gasteiger partial charge in [0.25, 0.3) is 0 Å². The topological polar surface area (TPSA) is 70.8 Å². The second kappa shape index (κ2) is 8.65. The molecule has 2 aliphatic rings. The summed E-state index contributed by atoms with van der Waals surface area (Å²) in [7, 11) is 1.73. The third kappa shape index (κ3) is 5.17. The summed E-state index contributed by atoms with van der Waals surface area (Å²) in [4.78, 5) is 16.2. The summed E-state index contributed by atoms with van der Waals surface area (Å²) < 4.78 is 5.55. The van der Waals surface area contributed by atoms with Gasteiger partial charge >= 0.3 is 0 Å². The van der Waals surface area contributed by atoms with Crippen molar-refractivity contribution >= 4 is 5.91 Å². The van der Waals surface area contributed by atoms with Crippen LogP contribution in [0.2, 0.25) is 0 Å². The number of ether oxygens (including phenoxy) is 1. The molecule has 0 bridgehead atoms. The van der Waals surface area contributed by atoms with Crippen LogP contribution in [0.15, 0.2) is 18.2 Å². The summed E-state index contributed by atoms with van der Waals surface area (Å²) in [5, 5.41) is 2.87. The monoisotopic (exact) mass is 346 g/mol. The van der Waals surface area contributed by atoms with Crippen LogP contribution >= 0.6 is 0 Å². The maximum atomic E-state index is 11.5. The van der Waals surface area contributed by atoms with Crippen LogP contribution in [0.1, 0.15) is 24.0 Å². The van der Waals surface area contributed by atoms with E-state index in [2.05, 4.69) is 33.3 Å². The number of benzene rings is 1. The number of nitrogens with one attached hydrogen (secondary N) is 1. The second-order valence-electron chi connectivity index (χ2n) is 7.14. The highest BCUT2D eigenvalue weighted by atomic mass is 16.5. The van der Waals surface area contributed by atoms with Gasteiger partial charge in [-0.1, -0.05) is 12.1 Å². The fourth-order valence-corrected chi connectivity index (χ4v) is 3.67. The van der Waals surface area contributed by atoms with Gasteiger partial charge < -0.3 is 20.7 Å². The van der Waals surface area contributed by atoms with Crippen molar-refractivity contribution in [2.75, 3.05) is 46.4 Å². The molecule has 1 amide bonds. The summed E-state index contributed by atoms with van der Waals surface area (Å²) in [5.41, 5.74) is 8.48. The number of nitrogens with zero attached hydrogens (tertiary/aromatic N) is 2. The minimum absolute atomic E-state index is 0.114. The predicted molar refractivity (Wildman–Crippen MR) is 98.6 cm³/mol. The molecule has 2 fully saturated rings. The number of nitrogens with two attached hydrogens (primary N) is 1. The molecule has 0 saturated carbocycles. The molecule has 6 heteroatoms. The SMILES string of the molecule is COc1ccc(CN2CCNC(=O)C2)cc1CCN1CCC(N)CC1. The molecule has 2 saturated heterocycles. The highest BCUT2D eigenvalue weighted by Gasteiger charge is 2.18. The summed E-state index contributed by atoms with van der Waals surface area (Å²) in [6.45, 7) is 6.15. The van der Waals surface area contributed by atoms with E-state index in [1.54, 1.807) is 7.11 Å². The molecule has 1 aromatic carbocycles. The minimum atomic E-state index is 0.114. The summed E-state index contributed by atoms with van der Waals surface area (Å²) >= 11 is 0. The Morgan fingerprint density at radius 3 is 2.76 bits per heavy atom. The summed E-state index contributed by atoms with van der Waals surface area (Å²) in [6.07, 6.45) is 3.16. The van der Waals surface area contributed by atoms with Gasteiger partial charge in [0.1, 0.15) is 5.75 Å². The molecule has 2 heterocycles. The van der Waals surface area contributed by atoms with Crippen LogP contribution in [0, 0.1) is 0 Å². The van der Waals surface area contributed by atoms with Crippen LogP contribution in [0.25, 0.3) is 0 Å². The molecule has 3 N–H and O–H groups in total. The zero-order valence-electron chi connectivity index (χ0n) is 15.2. The number of carbonyl (C=O) groups is 1. The van der Waals surface area contributed by atoms with E-state index in [9.17, 15) is 4.79 Å². The van der Waals surface area contributed by atoms with Crippen LogP contribution in [0.5, 0.6) is 5.75 Å². The number of likely N-dealkylation sites (tertiary alicyclic amines) is 1. The first-order valence-electron chi connectivity index (χ1n) is 9.27. The average molecular weight is 346 g/mol. The maximum Gasteiger partial charge on any atom is 0.234 e. The molecule has 0 aliphatic carbocycles. The van der Waals surface area contributed by atoms with Crippen molar-refractivity contribution in [3.63, 3.8) is 0 Å². The molecule has 0 unspecified atom stereocenters. The lowest BCUT2D eigenvalue weighted by Crippen LogP contribution is -2.47. The Bertz CT molecular complexity index is 585. The van der Waals surface area contributed by atoms with Gasteiger partial charge in [0.15, 0.2) is 0 Å². The van der Waals surface area contributed by atoms with Gasteiger partial charge in [-0.25, -0.2) is 0 Å². The van der Waals surface area contributed by atoms with E-state index >= 15 is 0 Å². The van der Waals surface area contributed by atoms with Crippen molar-refractivity contribution in [3.05, 3.63) is 29.3 Å². The highest BCUT2D eigenvalue weighted by Crippen LogP contribution is 2.22. The van der Waals surface area contributed by atoms with Crippen molar-refractivity contribution in [1.82, 2.24) is 15.1 Å². The maximum absolute atomic E-state index is 11.5. The van der Waals surface area contributed by atoms with Crippen molar-refractivity contribution in [3.8, 4) is 5.75 Å². The average Bonchev–Trinajstić information content (AvgIpc) is 2.61. The molecule has 3 rings (SSSR count). The quantitative estimate of drug-likeness (QED) is 0.789. The first-order valence-corrected chi connectivity index (χ1v) is 9.27. The van der Waals surface area contributed by atoms with Crippen LogP contribution < -0.4 is 15.8 Å². The molecule has 2 aliphatic heterocycles. The number of piperidine rings is 1. The molecule has 25 heavy (non-hydrogen) atoms. The third-order valence-corrected chi connectivity index (χ3v) is 5.20. The predicted octanol–water partition coefficient (Wildman–Crippen LogP) is 0.593. The number of amides is 1. The Balaban J connectivity index is 1.60. The minimum Gasteiger partial charge on any atom is -0.496 e. The Morgan fingerprint density at radius 2 is 2.04 bits per heavy atom. The molecule has 1 aromatic rings. The number of hydrogen-bond acceptors (Lipinski definition) is 5. The first kappa shape index (κ1) is 18.2. The van der Waals surface area contributed by atoms with Crippen molar-refractivity contribution in [1.29, 1.82) is 0 Å². The van der Waals surface area contributed by atoms with Gasteiger partial charge in [0.2, 0.25) is 5.91 Å². The molecule has 6 nitrogen and oxygen atoms in total. The van der Waals surface area contributed by atoms with Crippen molar-refractivity contribution in [2.45, 2.75) is 31.8 Å². The second-order valence-corrected chi connectivity index (χ2v) is 7.14. The van der Waals surface area contributed by atoms with Gasteiger partial charge in [-0.05, 0) is 49.5 Å². The number of rotatable bonds is 6. The third-order valence-electron chi connectivity index (χ3n) is 5.20. The molecule has 0 radical (unpaired) electrons. The fraction of sp³-hybridized carbons (Fsp3) is 0.632. The van der Waals surface area contributed by atoms with Crippen molar-refractivity contribution < 1.29 is 9.53 Å². The van der Waals surface area contributed by atoms with Gasteiger partial charge in [-0.3, -0.25) is 9.69 Å². The van der Waals surface area contributed by atoms with E-state index < -0.39 is 0 Å². The fourth-order valence-electron chi connectivity index (χ4n) is 3.67. The van der Waals surface area contributed by atoms with E-state index in [-0.39, 0.29) is 5.91 Å². The Hall–Kier alpha value is -1.63. The van der Waals surface area contributed by atoms with Crippen LogP contribution in [0.3, 0.4) is 0 Å². The Morgan fingerprint density at radius 1 is 1.24 bits per heavy atom. The van der Waals surface area contributed by atoms with Crippen molar-refractivity contribution in [2.24, 2.45) is 5.73 Å². The normalized spacial score (nSPS) is 20.5. The number of hydrogen-bond donors (Lipinski definition) is 2. The lowest BCUT2D eigenvalue weighted by atomic mass is 10.0. The Kier molecular flexibility index (Phi) is 6.29. The highest BCUT2D eigenvalue weighted by molar-refractivity contribution is 5.78.